The van der Waals surface area contributed by atoms with Crippen LogP contribution in [0.1, 0.15) is 13.3 Å². The Morgan fingerprint density at radius 1 is 1.33 bits per heavy atom. The van der Waals surface area contributed by atoms with Gasteiger partial charge in [0.15, 0.2) is 0 Å². The summed E-state index contributed by atoms with van der Waals surface area (Å²) in [5.74, 6) is 0.584. The minimum Gasteiger partial charge on any atom is -0.372 e. The van der Waals surface area contributed by atoms with Gasteiger partial charge in [0.2, 0.25) is 0 Å². The summed E-state index contributed by atoms with van der Waals surface area (Å²) in [5.41, 5.74) is 1.42. The van der Waals surface area contributed by atoms with Crippen molar-refractivity contribution in [1.82, 2.24) is 20.0 Å². The molecule has 0 bridgehead atoms. The van der Waals surface area contributed by atoms with Crippen molar-refractivity contribution in [2.45, 2.75) is 19.9 Å². The Kier molecular flexibility index (Phi) is 4.04. The number of aromatic nitrogens is 4. The molecule has 0 aliphatic rings. The molecule has 2 aromatic rings. The number of hydrogen-bond donors (Lipinski definition) is 1. The van der Waals surface area contributed by atoms with Crippen LogP contribution in [0.5, 0.6) is 0 Å². The fourth-order valence-electron chi connectivity index (χ4n) is 1.64. The first-order valence-corrected chi connectivity index (χ1v) is 6.35. The van der Waals surface area contributed by atoms with E-state index in [0.29, 0.717) is 21.6 Å². The molecule has 0 spiro atoms. The van der Waals surface area contributed by atoms with Crippen molar-refractivity contribution >= 4 is 29.0 Å². The highest BCUT2D eigenvalue weighted by Crippen LogP contribution is 2.31. The average Bonchev–Trinajstić information content (AvgIpc) is 2.78. The van der Waals surface area contributed by atoms with Crippen LogP contribution in [0.25, 0.3) is 11.4 Å². The molecule has 2 rings (SSSR count). The van der Waals surface area contributed by atoms with E-state index >= 15 is 0 Å². The summed E-state index contributed by atoms with van der Waals surface area (Å²) >= 11 is 12.2. The molecule has 2 heterocycles. The number of rotatable bonds is 4. The molecule has 0 amide bonds. The summed E-state index contributed by atoms with van der Waals surface area (Å²) in [5, 5.41) is 11.8. The van der Waals surface area contributed by atoms with Gasteiger partial charge in [-0.05, 0) is 12.5 Å². The number of aryl methyl sites for hydroxylation is 1. The molecule has 5 nitrogen and oxygen atoms in total. The molecule has 0 aliphatic carbocycles. The van der Waals surface area contributed by atoms with Crippen LogP contribution in [0.3, 0.4) is 0 Å². The highest BCUT2D eigenvalue weighted by atomic mass is 35.5. The van der Waals surface area contributed by atoms with E-state index in [2.05, 4.69) is 27.5 Å². The smallest absolute Gasteiger partial charge is 0.145 e. The molecule has 0 atom stereocenters. The Morgan fingerprint density at radius 2 is 2.11 bits per heavy atom. The van der Waals surface area contributed by atoms with E-state index in [1.165, 1.54) is 0 Å². The van der Waals surface area contributed by atoms with Crippen LogP contribution in [0, 0.1) is 0 Å². The summed E-state index contributed by atoms with van der Waals surface area (Å²) in [6, 6.07) is 1.67. The van der Waals surface area contributed by atoms with Crippen molar-refractivity contribution in [3.63, 3.8) is 0 Å². The number of anilines is 1. The monoisotopic (exact) mass is 285 g/mol. The molecular formula is C11H13Cl2N5. The first-order chi connectivity index (χ1) is 8.67. The maximum Gasteiger partial charge on any atom is 0.145 e. The van der Waals surface area contributed by atoms with E-state index in [1.807, 2.05) is 0 Å². The molecule has 0 saturated heterocycles. The Bertz CT molecular complexity index is 552. The van der Waals surface area contributed by atoms with Crippen LogP contribution in [0.15, 0.2) is 12.3 Å². The molecule has 18 heavy (non-hydrogen) atoms. The molecule has 96 valence electrons. The largest absolute Gasteiger partial charge is 0.372 e. The van der Waals surface area contributed by atoms with Crippen LogP contribution >= 0.6 is 23.2 Å². The minimum absolute atomic E-state index is 0.485. The van der Waals surface area contributed by atoms with Crippen molar-refractivity contribution in [3.05, 3.63) is 22.3 Å². The van der Waals surface area contributed by atoms with Gasteiger partial charge in [0.25, 0.3) is 0 Å². The summed E-state index contributed by atoms with van der Waals surface area (Å²) in [6.45, 7) is 2.84. The van der Waals surface area contributed by atoms with Crippen LogP contribution < -0.4 is 5.32 Å². The van der Waals surface area contributed by atoms with Gasteiger partial charge < -0.3 is 5.32 Å². The lowest BCUT2D eigenvalue weighted by Crippen LogP contribution is -2.04. The van der Waals surface area contributed by atoms with Crippen molar-refractivity contribution in [1.29, 1.82) is 0 Å². The number of hydrogen-bond acceptors (Lipinski definition) is 4. The summed E-state index contributed by atoms with van der Waals surface area (Å²) in [7, 11) is 1.76. The van der Waals surface area contributed by atoms with E-state index < -0.39 is 0 Å². The molecular weight excluding hydrogens is 273 g/mol. The van der Waals surface area contributed by atoms with Gasteiger partial charge in [-0.15, -0.1) is 5.10 Å². The zero-order valence-electron chi connectivity index (χ0n) is 10.1. The highest BCUT2D eigenvalue weighted by molar-refractivity contribution is 6.37. The van der Waals surface area contributed by atoms with Gasteiger partial charge in [-0.2, -0.15) is 0 Å². The third kappa shape index (κ3) is 2.42. The number of nitrogens with zero attached hydrogens (tertiary/aromatic N) is 4. The highest BCUT2D eigenvalue weighted by Gasteiger charge is 2.14. The predicted molar refractivity (Wildman–Crippen MR) is 73.1 cm³/mol. The molecule has 1 N–H and O–H groups in total. The molecule has 0 aromatic carbocycles. The SMILES string of the molecule is CCCn1nncc1-c1nc(NC)c(Cl)cc1Cl. The third-order valence-corrected chi connectivity index (χ3v) is 3.04. The molecule has 0 radical (unpaired) electrons. The Morgan fingerprint density at radius 3 is 2.78 bits per heavy atom. The molecule has 2 aromatic heterocycles. The second-order valence-electron chi connectivity index (χ2n) is 3.74. The van der Waals surface area contributed by atoms with E-state index in [0.717, 1.165) is 18.7 Å². The first-order valence-electron chi connectivity index (χ1n) is 5.60. The van der Waals surface area contributed by atoms with Crippen LogP contribution in [0.2, 0.25) is 10.0 Å². The van der Waals surface area contributed by atoms with Gasteiger partial charge >= 0.3 is 0 Å². The second-order valence-corrected chi connectivity index (χ2v) is 4.56. The second kappa shape index (κ2) is 5.54. The number of halogens is 2. The van der Waals surface area contributed by atoms with Crippen molar-refractivity contribution < 1.29 is 0 Å². The third-order valence-electron chi connectivity index (χ3n) is 2.46. The Balaban J connectivity index is 2.52. The molecule has 0 aliphatic heterocycles. The quantitative estimate of drug-likeness (QED) is 0.938. The van der Waals surface area contributed by atoms with E-state index in [1.54, 1.807) is 24.0 Å². The van der Waals surface area contributed by atoms with E-state index in [4.69, 9.17) is 23.2 Å². The zero-order valence-corrected chi connectivity index (χ0v) is 11.6. The fraction of sp³-hybridized carbons (Fsp3) is 0.364. The maximum absolute atomic E-state index is 6.18. The molecule has 0 unspecified atom stereocenters. The van der Waals surface area contributed by atoms with Gasteiger partial charge in [0.1, 0.15) is 17.2 Å². The average molecular weight is 286 g/mol. The fourth-order valence-corrected chi connectivity index (χ4v) is 2.19. The number of pyridine rings is 1. The van der Waals surface area contributed by atoms with Crippen molar-refractivity contribution in [2.24, 2.45) is 0 Å². The molecule has 0 fully saturated rings. The van der Waals surface area contributed by atoms with Crippen LogP contribution in [0.4, 0.5) is 5.82 Å². The van der Waals surface area contributed by atoms with Crippen LogP contribution in [-0.4, -0.2) is 27.0 Å². The van der Waals surface area contributed by atoms with E-state index in [9.17, 15) is 0 Å². The number of nitrogens with one attached hydrogen (secondary N) is 1. The lowest BCUT2D eigenvalue weighted by Gasteiger charge is -2.09. The normalized spacial score (nSPS) is 10.7. The van der Waals surface area contributed by atoms with Gasteiger partial charge in [-0.1, -0.05) is 35.3 Å². The first kappa shape index (κ1) is 13.1. The van der Waals surface area contributed by atoms with Crippen LogP contribution in [-0.2, 0) is 6.54 Å². The van der Waals surface area contributed by atoms with Gasteiger partial charge in [0.05, 0.1) is 16.2 Å². The van der Waals surface area contributed by atoms with Gasteiger partial charge in [0, 0.05) is 13.6 Å². The lowest BCUT2D eigenvalue weighted by atomic mass is 10.2. The standard InChI is InChI=1S/C11H13Cl2N5/c1-3-4-18-9(6-15-17-18)10-7(12)5-8(13)11(14-2)16-10/h5-6H,3-4H2,1-2H3,(H,14,16). The van der Waals surface area contributed by atoms with Gasteiger partial charge in [-0.25, -0.2) is 9.67 Å². The topological polar surface area (TPSA) is 55.6 Å². The summed E-state index contributed by atoms with van der Waals surface area (Å²) < 4.78 is 1.78. The summed E-state index contributed by atoms with van der Waals surface area (Å²) in [4.78, 5) is 4.40. The van der Waals surface area contributed by atoms with Crippen molar-refractivity contribution in [2.75, 3.05) is 12.4 Å². The van der Waals surface area contributed by atoms with Gasteiger partial charge in [-0.3, -0.25) is 0 Å². The predicted octanol–water partition coefficient (Wildman–Crippen LogP) is 3.10. The summed E-state index contributed by atoms with van der Waals surface area (Å²) in [6.07, 6.45) is 2.61. The minimum atomic E-state index is 0.485. The lowest BCUT2D eigenvalue weighted by molar-refractivity contribution is 0.583. The van der Waals surface area contributed by atoms with Crippen molar-refractivity contribution in [3.8, 4) is 11.4 Å². The Hall–Kier alpha value is -1.33. The maximum atomic E-state index is 6.18. The molecule has 7 heteroatoms. The van der Waals surface area contributed by atoms with E-state index in [-0.39, 0.29) is 0 Å². The Labute approximate surface area is 115 Å². The zero-order chi connectivity index (χ0) is 13.1. The molecule has 0 saturated carbocycles.